The molecule has 8 heteroatoms. The first kappa shape index (κ1) is 20.9. The third-order valence-corrected chi connectivity index (χ3v) is 6.06. The van der Waals surface area contributed by atoms with Crippen LogP contribution in [0.2, 0.25) is 0 Å². The number of hydrogen-bond donors (Lipinski definition) is 1. The van der Waals surface area contributed by atoms with Gasteiger partial charge < -0.3 is 14.8 Å². The first-order valence-corrected chi connectivity index (χ1v) is 11.4. The predicted molar refractivity (Wildman–Crippen MR) is 117 cm³/mol. The second kappa shape index (κ2) is 9.20. The van der Waals surface area contributed by atoms with Gasteiger partial charge in [-0.2, -0.15) is 10.1 Å². The van der Waals surface area contributed by atoms with Crippen molar-refractivity contribution in [3.05, 3.63) is 45.8 Å². The summed E-state index contributed by atoms with van der Waals surface area (Å²) >= 11 is 3.56. The maximum absolute atomic E-state index is 13.4. The van der Waals surface area contributed by atoms with Gasteiger partial charge in [0, 0.05) is 15.7 Å². The van der Waals surface area contributed by atoms with Gasteiger partial charge in [0.2, 0.25) is 5.95 Å². The number of halogens is 1. The summed E-state index contributed by atoms with van der Waals surface area (Å²) in [5, 5.41) is 7.61. The van der Waals surface area contributed by atoms with Gasteiger partial charge in [0.1, 0.15) is 24.2 Å². The van der Waals surface area contributed by atoms with Crippen LogP contribution >= 0.6 is 15.9 Å². The molecule has 1 aliphatic heterocycles. The van der Waals surface area contributed by atoms with Crippen LogP contribution in [0.25, 0.3) is 0 Å². The number of fused-ring (bicyclic) bond motifs is 1. The Kier molecular flexibility index (Phi) is 6.41. The molecular formula is C22H27BrN4O3. The molecule has 4 rings (SSSR count). The Morgan fingerprint density at radius 3 is 2.87 bits per heavy atom. The first-order chi connectivity index (χ1) is 14.6. The summed E-state index contributed by atoms with van der Waals surface area (Å²) in [5.74, 6) is 1.01. The Hall–Kier alpha value is -2.35. The lowest BCUT2D eigenvalue weighted by Gasteiger charge is -2.31. The normalized spacial score (nSPS) is 19.2. The third-order valence-electron chi connectivity index (χ3n) is 5.57. The molecule has 30 heavy (non-hydrogen) atoms. The van der Waals surface area contributed by atoms with Crippen molar-refractivity contribution in [3.63, 3.8) is 0 Å². The maximum atomic E-state index is 13.4. The Labute approximate surface area is 185 Å². The summed E-state index contributed by atoms with van der Waals surface area (Å²) in [6, 6.07) is 5.36. The fraction of sp³-hybridized carbons (Fsp3) is 0.500. The van der Waals surface area contributed by atoms with E-state index >= 15 is 0 Å². The van der Waals surface area contributed by atoms with Gasteiger partial charge in [-0.1, -0.05) is 29.3 Å². The van der Waals surface area contributed by atoms with Crippen molar-refractivity contribution < 1.29 is 14.3 Å². The lowest BCUT2D eigenvalue weighted by Crippen LogP contribution is -2.32. The Morgan fingerprint density at radius 2 is 2.10 bits per heavy atom. The molecule has 1 aromatic carbocycles. The number of esters is 1. The zero-order chi connectivity index (χ0) is 21.1. The van der Waals surface area contributed by atoms with Gasteiger partial charge in [-0.25, -0.2) is 9.48 Å². The van der Waals surface area contributed by atoms with Crippen LogP contribution in [-0.2, 0) is 9.53 Å². The fourth-order valence-electron chi connectivity index (χ4n) is 4.12. The number of carbonyl (C=O) groups is 1. The molecule has 1 fully saturated rings. The monoisotopic (exact) mass is 474 g/mol. The van der Waals surface area contributed by atoms with E-state index in [0.29, 0.717) is 18.1 Å². The first-order valence-electron chi connectivity index (χ1n) is 10.6. The average Bonchev–Trinajstić information content (AvgIpc) is 3.20. The number of anilines is 1. The van der Waals surface area contributed by atoms with E-state index in [9.17, 15) is 4.79 Å². The minimum Gasteiger partial charge on any atom is -0.493 e. The average molecular weight is 475 g/mol. The van der Waals surface area contributed by atoms with Crippen LogP contribution in [0, 0.1) is 0 Å². The minimum absolute atomic E-state index is 0.0253. The molecule has 7 nitrogen and oxygen atoms in total. The topological polar surface area (TPSA) is 78.3 Å². The van der Waals surface area contributed by atoms with Gasteiger partial charge in [-0.05, 0) is 57.2 Å². The lowest BCUT2D eigenvalue weighted by atomic mass is 9.94. The molecule has 2 heterocycles. The number of rotatable bonds is 6. The highest BCUT2D eigenvalue weighted by Gasteiger charge is 2.37. The Balaban J connectivity index is 1.75. The van der Waals surface area contributed by atoms with Crippen molar-refractivity contribution in [1.29, 1.82) is 0 Å². The van der Waals surface area contributed by atoms with Crippen LogP contribution in [0.4, 0.5) is 5.95 Å². The van der Waals surface area contributed by atoms with Gasteiger partial charge in [-0.3, -0.25) is 0 Å². The van der Waals surface area contributed by atoms with E-state index in [0.717, 1.165) is 53.6 Å². The van der Waals surface area contributed by atoms with Gasteiger partial charge in [0.25, 0.3) is 0 Å². The van der Waals surface area contributed by atoms with Crippen molar-refractivity contribution in [3.8, 4) is 5.75 Å². The quantitative estimate of drug-likeness (QED) is 0.593. The van der Waals surface area contributed by atoms with Gasteiger partial charge in [-0.15, -0.1) is 0 Å². The van der Waals surface area contributed by atoms with E-state index in [1.807, 2.05) is 25.1 Å². The van der Waals surface area contributed by atoms with E-state index in [1.54, 1.807) is 4.68 Å². The summed E-state index contributed by atoms with van der Waals surface area (Å²) in [6.45, 7) is 4.54. The van der Waals surface area contributed by atoms with E-state index in [4.69, 9.17) is 9.47 Å². The second-order valence-corrected chi connectivity index (χ2v) is 8.71. The van der Waals surface area contributed by atoms with Crippen LogP contribution in [-0.4, -0.2) is 33.4 Å². The molecule has 2 aliphatic rings. The molecule has 0 spiro atoms. The Bertz CT molecular complexity index is 950. The van der Waals surface area contributed by atoms with Crippen LogP contribution in [0.1, 0.15) is 64.0 Å². The van der Waals surface area contributed by atoms with E-state index in [-0.39, 0.29) is 12.1 Å². The zero-order valence-corrected chi connectivity index (χ0v) is 18.9. The van der Waals surface area contributed by atoms with Crippen molar-refractivity contribution >= 4 is 27.8 Å². The van der Waals surface area contributed by atoms with Crippen molar-refractivity contribution in [1.82, 2.24) is 14.8 Å². The number of ether oxygens (including phenoxy) is 2. The van der Waals surface area contributed by atoms with Gasteiger partial charge in [0.05, 0.1) is 12.2 Å². The number of benzene rings is 1. The van der Waals surface area contributed by atoms with E-state index in [1.165, 1.54) is 12.7 Å². The number of hydrogen-bond acceptors (Lipinski definition) is 6. The molecule has 1 saturated carbocycles. The third kappa shape index (κ3) is 4.24. The summed E-state index contributed by atoms with van der Waals surface area (Å²) in [7, 11) is 0. The van der Waals surface area contributed by atoms with Gasteiger partial charge >= 0.3 is 5.97 Å². The van der Waals surface area contributed by atoms with Crippen molar-refractivity contribution in [2.45, 2.75) is 64.5 Å². The van der Waals surface area contributed by atoms with Crippen molar-refractivity contribution in [2.75, 3.05) is 11.9 Å². The van der Waals surface area contributed by atoms with Crippen molar-refractivity contribution in [2.24, 2.45) is 0 Å². The number of nitrogens with one attached hydrogen (secondary N) is 1. The predicted octanol–water partition coefficient (Wildman–Crippen LogP) is 4.99. The van der Waals surface area contributed by atoms with Crippen LogP contribution in [0.3, 0.4) is 0 Å². The molecule has 0 bridgehead atoms. The molecular weight excluding hydrogens is 448 g/mol. The Morgan fingerprint density at radius 1 is 1.30 bits per heavy atom. The molecule has 1 atom stereocenters. The summed E-state index contributed by atoms with van der Waals surface area (Å²) < 4.78 is 14.6. The van der Waals surface area contributed by atoms with Crippen LogP contribution in [0.15, 0.2) is 40.3 Å². The van der Waals surface area contributed by atoms with Gasteiger partial charge in [0.15, 0.2) is 0 Å². The maximum Gasteiger partial charge on any atom is 0.338 e. The van der Waals surface area contributed by atoms with Crippen LogP contribution < -0.4 is 10.1 Å². The summed E-state index contributed by atoms with van der Waals surface area (Å²) in [4.78, 5) is 17.7. The largest absolute Gasteiger partial charge is 0.493 e. The highest BCUT2D eigenvalue weighted by atomic mass is 79.9. The molecule has 160 valence electrons. The smallest absolute Gasteiger partial charge is 0.338 e. The molecule has 1 aliphatic carbocycles. The standard InChI is InChI=1S/C22H27BrN4O3/c1-3-11-29-18-10-9-15(23)12-17(18)20-19(14(2)26-22-24-13-25-27(20)22)21(28)30-16-7-5-4-6-8-16/h9-10,12-13,16,20H,3-8,11H2,1-2H3,(H,24,25,26). The lowest BCUT2D eigenvalue weighted by molar-refractivity contribution is -0.146. The molecule has 1 unspecified atom stereocenters. The molecule has 2 aromatic rings. The molecule has 0 amide bonds. The number of nitrogens with zero attached hydrogens (tertiary/aromatic N) is 3. The van der Waals surface area contributed by atoms with E-state index in [2.05, 4.69) is 38.3 Å². The summed E-state index contributed by atoms with van der Waals surface area (Å²) in [5.41, 5.74) is 2.11. The SMILES string of the molecule is CCCOc1ccc(Br)cc1C1C(C(=O)OC2CCCCC2)=C(C)Nc2ncnn21. The number of aromatic nitrogens is 3. The highest BCUT2D eigenvalue weighted by Crippen LogP contribution is 2.40. The molecule has 0 saturated heterocycles. The summed E-state index contributed by atoms with van der Waals surface area (Å²) in [6.07, 6.45) is 7.61. The van der Waals surface area contributed by atoms with Crippen LogP contribution in [0.5, 0.6) is 5.75 Å². The molecule has 1 aromatic heterocycles. The molecule has 0 radical (unpaired) electrons. The number of allylic oxidation sites excluding steroid dienone is 1. The highest BCUT2D eigenvalue weighted by molar-refractivity contribution is 9.10. The van der Waals surface area contributed by atoms with E-state index < -0.39 is 6.04 Å². The molecule has 1 N–H and O–H groups in total. The number of carbonyl (C=O) groups excluding carboxylic acids is 1. The second-order valence-electron chi connectivity index (χ2n) is 7.79. The zero-order valence-electron chi connectivity index (χ0n) is 17.4. The minimum atomic E-state index is -0.482. The fourth-order valence-corrected chi connectivity index (χ4v) is 4.50.